The van der Waals surface area contributed by atoms with Crippen LogP contribution in [-0.2, 0) is 42.7 Å². The molecule has 62 heavy (non-hydrogen) atoms. The van der Waals surface area contributed by atoms with Crippen LogP contribution >= 0.6 is 0 Å². The van der Waals surface area contributed by atoms with Gasteiger partial charge in [-0.05, 0) is 87.4 Å². The first kappa shape index (κ1) is 47.0. The van der Waals surface area contributed by atoms with E-state index >= 15 is 0 Å². The Kier molecular flexibility index (Phi) is 14.4. The third-order valence-corrected chi connectivity index (χ3v) is 16.0. The van der Waals surface area contributed by atoms with Crippen LogP contribution in [-0.4, -0.2) is 188 Å². The van der Waals surface area contributed by atoms with Crippen molar-refractivity contribution in [2.45, 2.75) is 176 Å². The Morgan fingerprint density at radius 1 is 0.694 bits per heavy atom. The monoisotopic (exact) mass is 888 g/mol. The quantitative estimate of drug-likeness (QED) is 0.0807. The van der Waals surface area contributed by atoms with E-state index in [1.807, 2.05) is 0 Å². The van der Waals surface area contributed by atoms with Gasteiger partial charge in [0.2, 0.25) is 6.29 Å². The minimum Gasteiger partial charge on any atom is -0.435 e. The molecule has 5 saturated carbocycles. The van der Waals surface area contributed by atoms with Gasteiger partial charge in [0.15, 0.2) is 18.9 Å². The van der Waals surface area contributed by atoms with E-state index in [1.165, 1.54) is 0 Å². The maximum absolute atomic E-state index is 14.2. The Balaban J connectivity index is 1.11. The first-order valence-electron chi connectivity index (χ1n) is 22.6. The summed E-state index contributed by atoms with van der Waals surface area (Å²) in [4.78, 5) is 14.2. The number of aliphatic hydroxyl groups is 10. The number of ether oxygens (including phenoxy) is 8. The number of fused-ring (bicyclic) bond motifs is 3. The molecule has 0 amide bonds. The van der Waals surface area contributed by atoms with Crippen molar-refractivity contribution in [1.82, 2.24) is 0 Å². The standard InChI is InChI=1S/C43H68O19/c1-17-11-22-19-12-21(17)36(18(2)28(22)20-7-6-9-43(3,23(20)13-19)42(54)59-27-8-4-5-10-55-27)60-41-38(62-40-35(53)33(51)30(48)25(15-45)57-40)37(31(49)26(16-46)58-41)61-39-34(52)32(50)29(47)24(14-44)56-39/h18-41,44-53H,1,4-16H2,2-3H3/t18-,19?,20?,21?,22?,23?,24-,25-,26-,27?,28?,29-,30-,31-,32+,33+,34-,35-,36?,37?,38-,39+,40+,41+,43-/m1/s1. The average molecular weight is 889 g/mol. The first-order chi connectivity index (χ1) is 29.6. The van der Waals surface area contributed by atoms with Gasteiger partial charge in [-0.15, -0.1) is 0 Å². The predicted octanol–water partition coefficient (Wildman–Crippen LogP) is -1.82. The first-order valence-corrected chi connectivity index (χ1v) is 22.6. The van der Waals surface area contributed by atoms with Crippen LogP contribution in [0.4, 0.5) is 0 Å². The normalized spacial score (nSPS) is 53.1. The molecule has 10 N–H and O–H groups in total. The maximum Gasteiger partial charge on any atom is 0.314 e. The Hall–Kier alpha value is -1.47. The summed E-state index contributed by atoms with van der Waals surface area (Å²) in [5, 5.41) is 107. The van der Waals surface area contributed by atoms with E-state index in [0.29, 0.717) is 25.9 Å². The summed E-state index contributed by atoms with van der Waals surface area (Å²) in [6, 6.07) is 0. The minimum atomic E-state index is -1.91. The lowest BCUT2D eigenvalue weighted by molar-refractivity contribution is -0.397. The van der Waals surface area contributed by atoms with E-state index < -0.39 is 130 Å². The molecule has 9 aliphatic rings. The maximum atomic E-state index is 14.2. The van der Waals surface area contributed by atoms with Gasteiger partial charge in [0.1, 0.15) is 73.2 Å². The predicted molar refractivity (Wildman–Crippen MR) is 209 cm³/mol. The molecule has 9 unspecified atom stereocenters. The molecule has 0 aromatic heterocycles. The topological polar surface area (TPSA) is 293 Å². The van der Waals surface area contributed by atoms with Crippen molar-refractivity contribution in [2.24, 2.45) is 46.8 Å². The fourth-order valence-corrected chi connectivity index (χ4v) is 12.7. The number of aliphatic hydroxyl groups excluding tert-OH is 10. The highest BCUT2D eigenvalue weighted by Crippen LogP contribution is 2.65. The second-order valence-electron chi connectivity index (χ2n) is 19.5. The van der Waals surface area contributed by atoms with Crippen molar-refractivity contribution in [1.29, 1.82) is 0 Å². The molecule has 5 aliphatic carbocycles. The highest BCUT2D eigenvalue weighted by atomic mass is 16.8. The van der Waals surface area contributed by atoms with Gasteiger partial charge in [0.05, 0.1) is 37.9 Å². The fourth-order valence-electron chi connectivity index (χ4n) is 12.7. The number of hydrogen-bond donors (Lipinski definition) is 10. The Morgan fingerprint density at radius 3 is 1.87 bits per heavy atom. The molecular weight excluding hydrogens is 820 g/mol. The second-order valence-corrected chi connectivity index (χ2v) is 19.5. The van der Waals surface area contributed by atoms with Gasteiger partial charge in [-0.2, -0.15) is 0 Å². The van der Waals surface area contributed by atoms with Crippen LogP contribution in [0.5, 0.6) is 0 Å². The van der Waals surface area contributed by atoms with Crippen molar-refractivity contribution in [3.8, 4) is 0 Å². The summed E-state index contributed by atoms with van der Waals surface area (Å²) in [6.07, 6.45) is -19.2. The van der Waals surface area contributed by atoms with Crippen LogP contribution in [0.2, 0.25) is 0 Å². The molecule has 354 valence electrons. The molecule has 4 aliphatic heterocycles. The van der Waals surface area contributed by atoms with Crippen LogP contribution in [0.25, 0.3) is 0 Å². The highest BCUT2D eigenvalue weighted by molar-refractivity contribution is 5.77. The van der Waals surface area contributed by atoms with Gasteiger partial charge < -0.3 is 89.0 Å². The van der Waals surface area contributed by atoms with E-state index in [9.17, 15) is 55.9 Å². The molecule has 19 nitrogen and oxygen atoms in total. The van der Waals surface area contributed by atoms with E-state index in [0.717, 1.165) is 44.1 Å². The number of hydrogen-bond acceptors (Lipinski definition) is 19. The molecule has 0 aromatic rings. The van der Waals surface area contributed by atoms with Gasteiger partial charge in [-0.3, -0.25) is 4.79 Å². The Labute approximate surface area is 360 Å². The lowest BCUT2D eigenvalue weighted by atomic mass is 9.48. The number of rotatable bonds is 11. The summed E-state index contributed by atoms with van der Waals surface area (Å²) < 4.78 is 49.1. The van der Waals surface area contributed by atoms with Crippen LogP contribution < -0.4 is 0 Å². The third kappa shape index (κ3) is 8.44. The van der Waals surface area contributed by atoms with Gasteiger partial charge >= 0.3 is 5.97 Å². The van der Waals surface area contributed by atoms with Crippen molar-refractivity contribution < 1.29 is 93.8 Å². The summed E-state index contributed by atoms with van der Waals surface area (Å²) in [5.74, 6) is 0.205. The van der Waals surface area contributed by atoms with Gasteiger partial charge in [0.25, 0.3) is 0 Å². The number of carbonyl (C=O) groups excluding carboxylic acids is 1. The Bertz CT molecular complexity index is 1550. The molecule has 0 spiro atoms. The number of carbonyl (C=O) groups is 1. The van der Waals surface area contributed by atoms with E-state index in [-0.39, 0.29) is 47.4 Å². The SMILES string of the molecule is C=C1CC2C3CC1C(O[C@@H]1O[C@H](CO)[C@@H](O)C(O[C@@H]4O[C@H](CO)[C@@H](O)[C@H](O)[C@H]4O)[C@H]1O[C@@H]1O[C@H](CO)[C@@H](O)[C@H](O)[C@H]1O)[C@H](C)C2C1CCC[C@@](C)(C(=O)OC2CCCCO2)C1C3. The fraction of sp³-hybridized carbons (Fsp3) is 0.930. The molecule has 25 atom stereocenters. The zero-order valence-corrected chi connectivity index (χ0v) is 35.4. The summed E-state index contributed by atoms with van der Waals surface area (Å²) in [6.45, 7) is 6.97. The summed E-state index contributed by atoms with van der Waals surface area (Å²) in [5.41, 5.74) is 0.277. The molecule has 19 heteroatoms. The van der Waals surface area contributed by atoms with Crippen LogP contribution in [0.1, 0.15) is 71.6 Å². The molecule has 9 rings (SSSR count). The molecule has 9 fully saturated rings. The van der Waals surface area contributed by atoms with E-state index in [2.05, 4.69) is 20.4 Å². The van der Waals surface area contributed by atoms with Crippen LogP contribution in [0.15, 0.2) is 12.2 Å². The molecule has 0 radical (unpaired) electrons. The third-order valence-electron chi connectivity index (χ3n) is 16.0. The smallest absolute Gasteiger partial charge is 0.314 e. The number of esters is 1. The van der Waals surface area contributed by atoms with Gasteiger partial charge in [0, 0.05) is 12.3 Å². The molecule has 4 heterocycles. The van der Waals surface area contributed by atoms with Crippen LogP contribution in [0.3, 0.4) is 0 Å². The highest BCUT2D eigenvalue weighted by Gasteiger charge is 2.63. The lowest BCUT2D eigenvalue weighted by Crippen LogP contribution is -2.67. The van der Waals surface area contributed by atoms with Crippen LogP contribution in [0, 0.1) is 46.8 Å². The zero-order valence-electron chi connectivity index (χ0n) is 35.4. The second kappa shape index (κ2) is 19.0. The molecule has 0 aromatic carbocycles. The van der Waals surface area contributed by atoms with E-state index in [4.69, 9.17) is 37.9 Å². The molecule has 4 saturated heterocycles. The van der Waals surface area contributed by atoms with Crippen molar-refractivity contribution >= 4 is 5.97 Å². The van der Waals surface area contributed by atoms with Gasteiger partial charge in [-0.1, -0.05) is 25.5 Å². The summed E-state index contributed by atoms with van der Waals surface area (Å²) in [7, 11) is 0. The van der Waals surface area contributed by atoms with Crippen molar-refractivity contribution in [3.05, 3.63) is 12.2 Å². The van der Waals surface area contributed by atoms with Gasteiger partial charge in [-0.25, -0.2) is 0 Å². The average Bonchev–Trinajstić information content (AvgIpc) is 3.40. The zero-order chi connectivity index (χ0) is 44.4. The van der Waals surface area contributed by atoms with E-state index in [1.54, 1.807) is 0 Å². The van der Waals surface area contributed by atoms with Crippen molar-refractivity contribution in [3.63, 3.8) is 0 Å². The molecular formula is C43H68O19. The summed E-state index contributed by atoms with van der Waals surface area (Å²) >= 11 is 0. The van der Waals surface area contributed by atoms with Crippen molar-refractivity contribution in [2.75, 3.05) is 26.4 Å². The molecule has 4 bridgehead atoms. The lowest BCUT2D eigenvalue weighted by Gasteiger charge is -2.56. The Morgan fingerprint density at radius 2 is 1.27 bits per heavy atom. The minimum absolute atomic E-state index is 0.0465. The largest absolute Gasteiger partial charge is 0.435 e.